The first-order valence-electron chi connectivity index (χ1n) is 9.09. The van der Waals surface area contributed by atoms with E-state index in [1.165, 1.54) is 24.2 Å². The van der Waals surface area contributed by atoms with Crippen molar-refractivity contribution in [3.05, 3.63) is 17.5 Å². The molecule has 6 nitrogen and oxygen atoms in total. The van der Waals surface area contributed by atoms with E-state index in [9.17, 15) is 13.2 Å². The van der Waals surface area contributed by atoms with Crippen molar-refractivity contribution in [3.63, 3.8) is 0 Å². The van der Waals surface area contributed by atoms with Gasteiger partial charge in [-0.2, -0.15) is 0 Å². The predicted molar refractivity (Wildman–Crippen MR) is 106 cm³/mol. The van der Waals surface area contributed by atoms with Crippen molar-refractivity contribution in [1.82, 2.24) is 14.9 Å². The molecule has 0 bridgehead atoms. The van der Waals surface area contributed by atoms with Crippen molar-refractivity contribution in [3.8, 4) is 0 Å². The van der Waals surface area contributed by atoms with Crippen LogP contribution in [0.3, 0.4) is 0 Å². The molecule has 0 radical (unpaired) electrons. The van der Waals surface area contributed by atoms with Crippen molar-refractivity contribution in [2.75, 3.05) is 26.2 Å². The lowest BCUT2D eigenvalue weighted by atomic mass is 9.93. The minimum atomic E-state index is -3.42. The van der Waals surface area contributed by atoms with Crippen LogP contribution in [0.1, 0.15) is 38.5 Å². The number of nitrogens with one attached hydrogen (secondary N) is 2. The second-order valence-electron chi connectivity index (χ2n) is 6.94. The van der Waals surface area contributed by atoms with Crippen molar-refractivity contribution < 1.29 is 13.2 Å². The van der Waals surface area contributed by atoms with E-state index in [0.717, 1.165) is 19.5 Å². The van der Waals surface area contributed by atoms with Gasteiger partial charge >= 0.3 is 0 Å². The van der Waals surface area contributed by atoms with Gasteiger partial charge in [-0.3, -0.25) is 4.79 Å². The maximum Gasteiger partial charge on any atom is 0.250 e. The van der Waals surface area contributed by atoms with Gasteiger partial charge in [0.15, 0.2) is 0 Å². The number of halogens is 1. The van der Waals surface area contributed by atoms with Gasteiger partial charge in [0.25, 0.3) is 0 Å². The number of thiophene rings is 1. The summed E-state index contributed by atoms with van der Waals surface area (Å²) in [5, 5.41) is 5.11. The molecule has 1 aromatic rings. The predicted octanol–water partition coefficient (Wildman–Crippen LogP) is 2.22. The zero-order valence-corrected chi connectivity index (χ0v) is 17.3. The Balaban J connectivity index is 0.00000243. The normalized spacial score (nSPS) is 19.9. The molecule has 2 aliphatic rings. The van der Waals surface area contributed by atoms with E-state index in [1.807, 2.05) is 4.90 Å². The highest BCUT2D eigenvalue weighted by Crippen LogP contribution is 2.21. The smallest absolute Gasteiger partial charge is 0.250 e. The van der Waals surface area contributed by atoms with Crippen LogP contribution in [0.15, 0.2) is 21.7 Å². The van der Waals surface area contributed by atoms with Gasteiger partial charge in [-0.05, 0) is 62.6 Å². The number of amides is 1. The number of hydrogen-bond acceptors (Lipinski definition) is 5. The minimum absolute atomic E-state index is 0. The largest absolute Gasteiger partial charge is 0.343 e. The maximum atomic E-state index is 12.4. The number of sulfonamides is 1. The summed E-state index contributed by atoms with van der Waals surface area (Å²) >= 11 is 1.22. The summed E-state index contributed by atoms with van der Waals surface area (Å²) in [4.78, 5) is 14.3. The molecular formula is C17H28ClN3O3S2. The molecule has 9 heteroatoms. The highest BCUT2D eigenvalue weighted by atomic mass is 35.5. The highest BCUT2D eigenvalue weighted by Gasteiger charge is 2.27. The average Bonchev–Trinajstić information content (AvgIpc) is 3.17. The molecule has 0 aliphatic carbocycles. The third-order valence-corrected chi connectivity index (χ3v) is 8.07. The van der Waals surface area contributed by atoms with E-state index in [2.05, 4.69) is 10.0 Å². The van der Waals surface area contributed by atoms with Gasteiger partial charge in [0.1, 0.15) is 4.21 Å². The highest BCUT2D eigenvalue weighted by molar-refractivity contribution is 7.91. The van der Waals surface area contributed by atoms with Gasteiger partial charge in [0, 0.05) is 25.6 Å². The van der Waals surface area contributed by atoms with Crippen LogP contribution < -0.4 is 10.0 Å². The number of rotatable bonds is 6. The molecule has 1 amide bonds. The fourth-order valence-corrected chi connectivity index (χ4v) is 5.91. The monoisotopic (exact) mass is 421 g/mol. The van der Waals surface area contributed by atoms with Gasteiger partial charge in [0.05, 0.1) is 0 Å². The number of likely N-dealkylation sites (tertiary alicyclic amines) is 1. The van der Waals surface area contributed by atoms with Crippen LogP contribution in [0.2, 0.25) is 0 Å². The van der Waals surface area contributed by atoms with E-state index in [4.69, 9.17) is 0 Å². The van der Waals surface area contributed by atoms with E-state index in [1.54, 1.807) is 17.5 Å². The van der Waals surface area contributed by atoms with Crippen LogP contribution in [0, 0.1) is 5.92 Å². The summed E-state index contributed by atoms with van der Waals surface area (Å²) in [6.07, 6.45) is 5.30. The lowest BCUT2D eigenvalue weighted by Gasteiger charge is -2.32. The lowest BCUT2D eigenvalue weighted by Crippen LogP contribution is -2.46. The van der Waals surface area contributed by atoms with Crippen molar-refractivity contribution in [2.45, 2.75) is 48.8 Å². The number of hydrogen-bond donors (Lipinski definition) is 2. The first-order valence-corrected chi connectivity index (χ1v) is 11.5. The SMILES string of the molecule is Cl.O=C(CCC1CCNCC1)N1CCC(NS(=O)(=O)c2cccs2)CC1. The molecule has 26 heavy (non-hydrogen) atoms. The Morgan fingerprint density at radius 1 is 1.23 bits per heavy atom. The Bertz CT molecular complexity index is 653. The van der Waals surface area contributed by atoms with Crippen LogP contribution in [-0.2, 0) is 14.8 Å². The second-order valence-corrected chi connectivity index (χ2v) is 9.83. The summed E-state index contributed by atoms with van der Waals surface area (Å²) in [5.41, 5.74) is 0. The van der Waals surface area contributed by atoms with Gasteiger partial charge in [-0.1, -0.05) is 6.07 Å². The van der Waals surface area contributed by atoms with Crippen LogP contribution in [0.25, 0.3) is 0 Å². The molecule has 0 saturated carbocycles. The summed E-state index contributed by atoms with van der Waals surface area (Å²) in [6.45, 7) is 3.41. The van der Waals surface area contributed by atoms with Crippen LogP contribution in [0.4, 0.5) is 0 Å². The fourth-order valence-electron chi connectivity index (χ4n) is 3.60. The third kappa shape index (κ3) is 5.92. The minimum Gasteiger partial charge on any atom is -0.343 e. The Morgan fingerprint density at radius 3 is 2.54 bits per heavy atom. The summed E-state index contributed by atoms with van der Waals surface area (Å²) in [6, 6.07) is 3.27. The molecule has 0 atom stereocenters. The van der Waals surface area contributed by atoms with Gasteiger partial charge in [-0.25, -0.2) is 13.1 Å². The quantitative estimate of drug-likeness (QED) is 0.738. The molecule has 148 valence electrons. The number of carbonyl (C=O) groups is 1. The number of carbonyl (C=O) groups excluding carboxylic acids is 1. The molecule has 0 aromatic carbocycles. The van der Waals surface area contributed by atoms with E-state index in [0.29, 0.717) is 42.5 Å². The van der Waals surface area contributed by atoms with Crippen LogP contribution in [0.5, 0.6) is 0 Å². The Hall–Kier alpha value is -0.670. The topological polar surface area (TPSA) is 78.5 Å². The van der Waals surface area contributed by atoms with Gasteiger partial charge in [0.2, 0.25) is 15.9 Å². The summed E-state index contributed by atoms with van der Waals surface area (Å²) < 4.78 is 27.7. The molecule has 3 rings (SSSR count). The Kier molecular flexibility index (Phi) is 8.35. The van der Waals surface area contributed by atoms with E-state index >= 15 is 0 Å². The number of piperidine rings is 2. The molecule has 0 unspecified atom stereocenters. The Labute approximate surface area is 166 Å². The summed E-state index contributed by atoms with van der Waals surface area (Å²) in [5.74, 6) is 0.887. The Morgan fingerprint density at radius 2 is 1.92 bits per heavy atom. The van der Waals surface area contributed by atoms with Gasteiger partial charge < -0.3 is 10.2 Å². The van der Waals surface area contributed by atoms with E-state index < -0.39 is 10.0 Å². The average molecular weight is 422 g/mol. The molecular weight excluding hydrogens is 394 g/mol. The van der Waals surface area contributed by atoms with Crippen molar-refractivity contribution in [1.29, 1.82) is 0 Å². The lowest BCUT2D eigenvalue weighted by molar-refractivity contribution is -0.132. The zero-order valence-electron chi connectivity index (χ0n) is 14.9. The summed E-state index contributed by atoms with van der Waals surface area (Å²) in [7, 11) is -3.42. The zero-order chi connectivity index (χ0) is 17.7. The van der Waals surface area contributed by atoms with Crippen LogP contribution in [-0.4, -0.2) is 51.4 Å². The van der Waals surface area contributed by atoms with E-state index in [-0.39, 0.29) is 24.4 Å². The number of nitrogens with zero attached hydrogens (tertiary/aromatic N) is 1. The van der Waals surface area contributed by atoms with Crippen molar-refractivity contribution >= 4 is 39.7 Å². The first-order chi connectivity index (χ1) is 12.0. The fraction of sp³-hybridized carbons (Fsp3) is 0.706. The molecule has 2 aliphatic heterocycles. The standard InChI is InChI=1S/C17H27N3O3S2.ClH/c21-16(4-3-14-5-9-18-10-6-14)20-11-7-15(8-12-20)19-25(22,23)17-2-1-13-24-17;/h1-2,13-15,18-19H,3-12H2;1H. The second kappa shape index (κ2) is 10.0. The van der Waals surface area contributed by atoms with Gasteiger partial charge in [-0.15, -0.1) is 23.7 Å². The van der Waals surface area contributed by atoms with Crippen molar-refractivity contribution in [2.24, 2.45) is 5.92 Å². The molecule has 3 heterocycles. The molecule has 1 aromatic heterocycles. The third-order valence-electron chi connectivity index (χ3n) is 5.15. The molecule has 2 N–H and O–H groups in total. The first kappa shape index (κ1) is 21.6. The molecule has 2 saturated heterocycles. The molecule has 0 spiro atoms. The molecule has 2 fully saturated rings. The van der Waals surface area contributed by atoms with Crippen LogP contribution >= 0.6 is 23.7 Å². The maximum absolute atomic E-state index is 12.4.